The number of halogens is 1. The molecule has 0 saturated carbocycles. The number of rotatable bonds is 7. The lowest BCUT2D eigenvalue weighted by atomic mass is 10.3. The van der Waals surface area contributed by atoms with Crippen LogP contribution in [-0.2, 0) is 20.7 Å². The van der Waals surface area contributed by atoms with Crippen LogP contribution < -0.4 is 5.32 Å². The summed E-state index contributed by atoms with van der Waals surface area (Å²) in [5, 5.41) is 10.8. The topological polar surface area (TPSA) is 94.3 Å². The molecule has 134 valence electrons. The predicted molar refractivity (Wildman–Crippen MR) is 97.0 cm³/mol. The second kappa shape index (κ2) is 8.59. The van der Waals surface area contributed by atoms with Gasteiger partial charge in [0.05, 0.1) is 6.42 Å². The van der Waals surface area contributed by atoms with Crippen LogP contribution in [0.4, 0.5) is 5.69 Å². The molecule has 0 unspecified atom stereocenters. The van der Waals surface area contributed by atoms with Crippen molar-refractivity contribution in [3.05, 3.63) is 52.0 Å². The Bertz CT molecular complexity index is 878. The molecule has 0 fully saturated rings. The molecule has 3 aromatic rings. The van der Waals surface area contributed by atoms with Gasteiger partial charge >= 0.3 is 5.97 Å². The van der Waals surface area contributed by atoms with Gasteiger partial charge in [0, 0.05) is 28.1 Å². The molecule has 9 heteroatoms. The standard InChI is InChI=1S/C17H14ClN3O4S/c18-12-1-3-13(4-2-12)19-14(22)9-24-16(23)6-5-15-20-17(21-25-15)11-7-8-26-10-11/h1-4,7-8,10H,5-6,9H2,(H,19,22). The fourth-order valence-corrected chi connectivity index (χ4v) is 2.78. The van der Waals surface area contributed by atoms with E-state index in [1.54, 1.807) is 24.3 Å². The van der Waals surface area contributed by atoms with E-state index in [1.807, 2.05) is 16.8 Å². The first-order valence-electron chi connectivity index (χ1n) is 7.66. The van der Waals surface area contributed by atoms with Crippen molar-refractivity contribution in [2.45, 2.75) is 12.8 Å². The van der Waals surface area contributed by atoms with Gasteiger partial charge < -0.3 is 14.6 Å². The summed E-state index contributed by atoms with van der Waals surface area (Å²) in [6.45, 7) is -0.370. The van der Waals surface area contributed by atoms with Gasteiger partial charge in [-0.25, -0.2) is 0 Å². The van der Waals surface area contributed by atoms with Crippen LogP contribution in [0.25, 0.3) is 11.4 Å². The number of anilines is 1. The van der Waals surface area contributed by atoms with Crippen molar-refractivity contribution in [1.82, 2.24) is 10.1 Å². The van der Waals surface area contributed by atoms with E-state index < -0.39 is 11.9 Å². The minimum absolute atomic E-state index is 0.0412. The number of nitrogens with one attached hydrogen (secondary N) is 1. The highest BCUT2D eigenvalue weighted by atomic mass is 35.5. The van der Waals surface area contributed by atoms with Gasteiger partial charge in [0.1, 0.15) is 0 Å². The van der Waals surface area contributed by atoms with Gasteiger partial charge in [-0.05, 0) is 35.7 Å². The number of carbonyl (C=O) groups is 2. The predicted octanol–water partition coefficient (Wildman–Crippen LogP) is 3.57. The van der Waals surface area contributed by atoms with Gasteiger partial charge in [-0.15, -0.1) is 0 Å². The second-order valence-electron chi connectivity index (χ2n) is 5.24. The Kier molecular flexibility index (Phi) is 5.98. The molecule has 0 radical (unpaired) electrons. The summed E-state index contributed by atoms with van der Waals surface area (Å²) in [6.07, 6.45) is 0.286. The van der Waals surface area contributed by atoms with Crippen molar-refractivity contribution >= 4 is 40.5 Å². The van der Waals surface area contributed by atoms with E-state index >= 15 is 0 Å². The smallest absolute Gasteiger partial charge is 0.306 e. The van der Waals surface area contributed by atoms with Crippen molar-refractivity contribution in [2.75, 3.05) is 11.9 Å². The van der Waals surface area contributed by atoms with E-state index in [2.05, 4.69) is 15.5 Å². The molecule has 0 aliphatic carbocycles. The third kappa shape index (κ3) is 5.14. The van der Waals surface area contributed by atoms with Crippen molar-refractivity contribution in [3.63, 3.8) is 0 Å². The Labute approximate surface area is 157 Å². The highest BCUT2D eigenvalue weighted by Crippen LogP contribution is 2.19. The summed E-state index contributed by atoms with van der Waals surface area (Å²) in [7, 11) is 0. The van der Waals surface area contributed by atoms with Gasteiger partial charge in [0.25, 0.3) is 5.91 Å². The van der Waals surface area contributed by atoms with Crippen LogP contribution in [0, 0.1) is 0 Å². The Hall–Kier alpha value is -2.71. The number of nitrogens with zero attached hydrogens (tertiary/aromatic N) is 2. The molecule has 26 heavy (non-hydrogen) atoms. The summed E-state index contributed by atoms with van der Waals surface area (Å²) in [5.41, 5.74) is 1.44. The van der Waals surface area contributed by atoms with Gasteiger partial charge in [-0.3, -0.25) is 9.59 Å². The Morgan fingerprint density at radius 2 is 2.04 bits per heavy atom. The number of benzene rings is 1. The van der Waals surface area contributed by atoms with E-state index in [0.717, 1.165) is 5.56 Å². The van der Waals surface area contributed by atoms with E-state index in [1.165, 1.54) is 11.3 Å². The molecule has 2 heterocycles. The molecule has 0 aliphatic rings. The van der Waals surface area contributed by atoms with Crippen molar-refractivity contribution in [3.8, 4) is 11.4 Å². The number of thiophene rings is 1. The molecule has 0 aliphatic heterocycles. The third-order valence-electron chi connectivity index (χ3n) is 3.28. The molecule has 1 amide bonds. The maximum Gasteiger partial charge on any atom is 0.306 e. The molecule has 0 bridgehead atoms. The minimum Gasteiger partial charge on any atom is -0.456 e. The number of aryl methyl sites for hydroxylation is 1. The number of carbonyl (C=O) groups excluding carboxylic acids is 2. The zero-order chi connectivity index (χ0) is 18.4. The molecule has 7 nitrogen and oxygen atoms in total. The lowest BCUT2D eigenvalue weighted by molar-refractivity contribution is -0.147. The van der Waals surface area contributed by atoms with Gasteiger partial charge in [0.2, 0.25) is 11.7 Å². The van der Waals surface area contributed by atoms with Crippen LogP contribution in [0.2, 0.25) is 5.02 Å². The highest BCUT2D eigenvalue weighted by Gasteiger charge is 2.13. The van der Waals surface area contributed by atoms with Crippen molar-refractivity contribution in [2.24, 2.45) is 0 Å². The van der Waals surface area contributed by atoms with E-state index in [0.29, 0.717) is 22.4 Å². The first kappa shape index (κ1) is 18.1. The Balaban J connectivity index is 1.40. The van der Waals surface area contributed by atoms with Crippen LogP contribution in [0.15, 0.2) is 45.6 Å². The van der Waals surface area contributed by atoms with Crippen LogP contribution in [0.3, 0.4) is 0 Å². The average molecular weight is 392 g/mol. The molecule has 0 atom stereocenters. The van der Waals surface area contributed by atoms with Crippen LogP contribution in [0.1, 0.15) is 12.3 Å². The molecule has 3 rings (SSSR count). The van der Waals surface area contributed by atoms with E-state index in [9.17, 15) is 9.59 Å². The number of hydrogen-bond donors (Lipinski definition) is 1. The number of aromatic nitrogens is 2. The fraction of sp³-hybridized carbons (Fsp3) is 0.176. The Morgan fingerprint density at radius 1 is 1.23 bits per heavy atom. The molecule has 1 N–H and O–H groups in total. The summed E-state index contributed by atoms with van der Waals surface area (Å²) in [5.74, 6) is -0.129. The molecular formula is C17H14ClN3O4S. The van der Waals surface area contributed by atoms with E-state index in [4.69, 9.17) is 20.9 Å². The molecule has 0 spiro atoms. The van der Waals surface area contributed by atoms with E-state index in [-0.39, 0.29) is 19.4 Å². The molecule has 1 aromatic carbocycles. The van der Waals surface area contributed by atoms with Crippen LogP contribution in [0.5, 0.6) is 0 Å². The lowest BCUT2D eigenvalue weighted by Gasteiger charge is -2.06. The third-order valence-corrected chi connectivity index (χ3v) is 4.22. The maximum absolute atomic E-state index is 11.7. The summed E-state index contributed by atoms with van der Waals surface area (Å²) in [6, 6.07) is 8.49. The highest BCUT2D eigenvalue weighted by molar-refractivity contribution is 7.08. The lowest BCUT2D eigenvalue weighted by Crippen LogP contribution is -2.21. The quantitative estimate of drug-likeness (QED) is 0.619. The number of ether oxygens (including phenoxy) is 1. The average Bonchev–Trinajstić information content (AvgIpc) is 3.31. The number of esters is 1. The zero-order valence-electron chi connectivity index (χ0n) is 13.5. The molecule has 2 aromatic heterocycles. The molecule has 0 saturated heterocycles. The van der Waals surface area contributed by atoms with Crippen LogP contribution >= 0.6 is 22.9 Å². The maximum atomic E-state index is 11.7. The van der Waals surface area contributed by atoms with Crippen LogP contribution in [-0.4, -0.2) is 28.6 Å². The number of hydrogen-bond acceptors (Lipinski definition) is 7. The monoisotopic (exact) mass is 391 g/mol. The molecular weight excluding hydrogens is 378 g/mol. The summed E-state index contributed by atoms with van der Waals surface area (Å²) < 4.78 is 10.0. The summed E-state index contributed by atoms with van der Waals surface area (Å²) in [4.78, 5) is 27.7. The fourth-order valence-electron chi connectivity index (χ4n) is 2.02. The SMILES string of the molecule is O=C(COC(=O)CCc1nc(-c2ccsc2)no1)Nc1ccc(Cl)cc1. The largest absolute Gasteiger partial charge is 0.456 e. The normalized spacial score (nSPS) is 10.5. The zero-order valence-corrected chi connectivity index (χ0v) is 15.0. The first-order valence-corrected chi connectivity index (χ1v) is 8.98. The second-order valence-corrected chi connectivity index (χ2v) is 6.46. The van der Waals surface area contributed by atoms with Gasteiger partial charge in [-0.2, -0.15) is 16.3 Å². The van der Waals surface area contributed by atoms with Crippen molar-refractivity contribution in [1.29, 1.82) is 0 Å². The first-order chi connectivity index (χ1) is 12.6. The van der Waals surface area contributed by atoms with Gasteiger partial charge in [-0.1, -0.05) is 16.8 Å². The minimum atomic E-state index is -0.522. The van der Waals surface area contributed by atoms with Gasteiger partial charge in [0.15, 0.2) is 6.61 Å². The summed E-state index contributed by atoms with van der Waals surface area (Å²) >= 11 is 7.30. The Morgan fingerprint density at radius 3 is 2.77 bits per heavy atom. The van der Waals surface area contributed by atoms with Crippen molar-refractivity contribution < 1.29 is 18.8 Å². The number of amides is 1.